The van der Waals surface area contributed by atoms with E-state index in [4.69, 9.17) is 0 Å². The maximum atomic E-state index is 10.9. The van der Waals surface area contributed by atoms with Gasteiger partial charge >= 0.3 is 0 Å². The monoisotopic (exact) mass is 393 g/mol. The van der Waals surface area contributed by atoms with Crippen LogP contribution in [0.2, 0.25) is 0 Å². The fraction of sp³-hybridized carbons (Fsp3) is 0.179. The third-order valence-electron chi connectivity index (χ3n) is 5.93. The lowest BCUT2D eigenvalue weighted by Crippen LogP contribution is -1.95. The van der Waals surface area contributed by atoms with Crippen LogP contribution in [-0.4, -0.2) is 6.41 Å². The van der Waals surface area contributed by atoms with Crippen molar-refractivity contribution >= 4 is 23.7 Å². The fourth-order valence-electron chi connectivity index (χ4n) is 4.23. The molecular formula is C28H27NO. The molecule has 0 saturated heterocycles. The molecule has 0 bridgehead atoms. The molecule has 1 N–H and O–H groups in total. The van der Waals surface area contributed by atoms with Gasteiger partial charge in [0.15, 0.2) is 0 Å². The second-order valence-corrected chi connectivity index (χ2v) is 7.77. The van der Waals surface area contributed by atoms with Crippen LogP contribution in [0.3, 0.4) is 0 Å². The Hall–Kier alpha value is -3.39. The van der Waals surface area contributed by atoms with Crippen LogP contribution in [-0.2, 0) is 11.2 Å². The highest BCUT2D eigenvalue weighted by Crippen LogP contribution is 2.39. The summed E-state index contributed by atoms with van der Waals surface area (Å²) < 4.78 is 0. The smallest absolute Gasteiger partial charge is 0.211 e. The van der Waals surface area contributed by atoms with Crippen molar-refractivity contribution in [2.24, 2.45) is 0 Å². The summed E-state index contributed by atoms with van der Waals surface area (Å²) in [6.45, 7) is 6.39. The van der Waals surface area contributed by atoms with Crippen molar-refractivity contribution in [2.75, 3.05) is 5.32 Å². The third kappa shape index (κ3) is 4.13. The quantitative estimate of drug-likeness (QED) is 0.551. The molecule has 0 atom stereocenters. The predicted molar refractivity (Wildman–Crippen MR) is 127 cm³/mol. The van der Waals surface area contributed by atoms with E-state index in [-0.39, 0.29) is 0 Å². The van der Waals surface area contributed by atoms with E-state index in [1.165, 1.54) is 39.0 Å². The molecule has 150 valence electrons. The van der Waals surface area contributed by atoms with E-state index in [9.17, 15) is 4.79 Å². The summed E-state index contributed by atoms with van der Waals surface area (Å²) in [7, 11) is 0. The van der Waals surface area contributed by atoms with Crippen LogP contribution < -0.4 is 5.32 Å². The minimum absolute atomic E-state index is 0.718. The summed E-state index contributed by atoms with van der Waals surface area (Å²) >= 11 is 0. The van der Waals surface area contributed by atoms with Crippen molar-refractivity contribution in [3.63, 3.8) is 0 Å². The first-order chi connectivity index (χ1) is 14.7. The molecule has 0 heterocycles. The Morgan fingerprint density at radius 3 is 2.80 bits per heavy atom. The van der Waals surface area contributed by atoms with E-state index in [1.54, 1.807) is 0 Å². The van der Waals surface area contributed by atoms with E-state index >= 15 is 0 Å². The van der Waals surface area contributed by atoms with Gasteiger partial charge in [0.2, 0.25) is 6.41 Å². The molecule has 2 nitrogen and oxygen atoms in total. The number of allylic oxidation sites excluding steroid dienone is 8. The van der Waals surface area contributed by atoms with Gasteiger partial charge in [0.1, 0.15) is 0 Å². The molecule has 30 heavy (non-hydrogen) atoms. The zero-order valence-corrected chi connectivity index (χ0v) is 17.4. The van der Waals surface area contributed by atoms with Gasteiger partial charge < -0.3 is 5.32 Å². The van der Waals surface area contributed by atoms with Gasteiger partial charge in [-0.1, -0.05) is 73.7 Å². The van der Waals surface area contributed by atoms with Crippen molar-refractivity contribution in [3.05, 3.63) is 112 Å². The molecule has 0 aliphatic heterocycles. The lowest BCUT2D eigenvalue weighted by atomic mass is 9.91. The summed E-state index contributed by atoms with van der Waals surface area (Å²) in [5.41, 5.74) is 11.0. The summed E-state index contributed by atoms with van der Waals surface area (Å²) in [6, 6.07) is 16.7. The lowest BCUT2D eigenvalue weighted by Gasteiger charge is -2.13. The van der Waals surface area contributed by atoms with Crippen LogP contribution in [0.15, 0.2) is 95.6 Å². The Morgan fingerprint density at radius 2 is 1.97 bits per heavy atom. The summed E-state index contributed by atoms with van der Waals surface area (Å²) in [6.07, 6.45) is 13.8. The number of nitrogens with one attached hydrogen (secondary N) is 1. The van der Waals surface area contributed by atoms with Crippen LogP contribution >= 0.6 is 0 Å². The first-order valence-electron chi connectivity index (χ1n) is 10.6. The number of hydrogen-bond acceptors (Lipinski definition) is 1. The van der Waals surface area contributed by atoms with Crippen molar-refractivity contribution in [2.45, 2.75) is 32.6 Å². The van der Waals surface area contributed by atoms with Gasteiger partial charge in [-0.15, -0.1) is 0 Å². The zero-order chi connectivity index (χ0) is 20.9. The van der Waals surface area contributed by atoms with Gasteiger partial charge in [-0.05, 0) is 82.9 Å². The van der Waals surface area contributed by atoms with Crippen LogP contribution in [0, 0.1) is 0 Å². The van der Waals surface area contributed by atoms with Gasteiger partial charge in [-0.2, -0.15) is 0 Å². The molecule has 2 aliphatic carbocycles. The van der Waals surface area contributed by atoms with Crippen LogP contribution in [0.25, 0.3) is 11.6 Å². The largest absolute Gasteiger partial charge is 0.329 e. The van der Waals surface area contributed by atoms with Crippen molar-refractivity contribution in [1.82, 2.24) is 0 Å². The SMILES string of the molecule is C=C(CC)C1=CCC2=C(C=C1)/C(=C\c1cccc(NC=O)c1)c1ccccc1CC2. The van der Waals surface area contributed by atoms with Gasteiger partial charge in [-0.3, -0.25) is 4.79 Å². The highest BCUT2D eigenvalue weighted by Gasteiger charge is 2.20. The highest BCUT2D eigenvalue weighted by molar-refractivity contribution is 5.95. The van der Waals surface area contributed by atoms with Gasteiger partial charge in [0, 0.05) is 5.69 Å². The fourth-order valence-corrected chi connectivity index (χ4v) is 4.23. The van der Waals surface area contributed by atoms with E-state index in [0.29, 0.717) is 0 Å². The average molecular weight is 394 g/mol. The van der Waals surface area contributed by atoms with Crippen molar-refractivity contribution < 1.29 is 4.79 Å². The third-order valence-corrected chi connectivity index (χ3v) is 5.93. The second-order valence-electron chi connectivity index (χ2n) is 7.77. The van der Waals surface area contributed by atoms with Crippen molar-refractivity contribution in [1.29, 1.82) is 0 Å². The maximum absolute atomic E-state index is 10.9. The zero-order valence-electron chi connectivity index (χ0n) is 17.4. The normalized spacial score (nSPS) is 16.8. The molecule has 0 unspecified atom stereocenters. The summed E-state index contributed by atoms with van der Waals surface area (Å²) in [5, 5.41) is 2.75. The maximum Gasteiger partial charge on any atom is 0.211 e. The van der Waals surface area contributed by atoms with Crippen molar-refractivity contribution in [3.8, 4) is 0 Å². The number of fused-ring (bicyclic) bond motifs is 1. The molecule has 2 aliphatic rings. The van der Waals surface area contributed by atoms with E-state index in [1.807, 2.05) is 18.2 Å². The van der Waals surface area contributed by atoms with Crippen LogP contribution in [0.4, 0.5) is 5.69 Å². The molecule has 0 saturated carbocycles. The van der Waals surface area contributed by atoms with Gasteiger partial charge in [-0.25, -0.2) is 0 Å². The molecule has 0 fully saturated rings. The molecule has 2 aromatic carbocycles. The number of carbonyl (C=O) groups excluding carboxylic acids is 1. The van der Waals surface area contributed by atoms with Crippen LogP contribution in [0.5, 0.6) is 0 Å². The molecule has 1 amide bonds. The number of aryl methyl sites for hydroxylation is 1. The number of rotatable bonds is 5. The van der Waals surface area contributed by atoms with E-state index < -0.39 is 0 Å². The number of anilines is 1. The number of benzene rings is 2. The molecule has 0 radical (unpaired) electrons. The van der Waals surface area contributed by atoms with E-state index in [0.717, 1.165) is 43.3 Å². The first-order valence-corrected chi connectivity index (χ1v) is 10.6. The van der Waals surface area contributed by atoms with Gasteiger partial charge in [0.25, 0.3) is 0 Å². The molecular weight excluding hydrogens is 366 g/mol. The molecule has 0 spiro atoms. The Labute approximate surface area is 179 Å². The molecule has 4 rings (SSSR count). The summed E-state index contributed by atoms with van der Waals surface area (Å²) in [5.74, 6) is 0. The average Bonchev–Trinajstić information content (AvgIpc) is 3.06. The Kier molecular flexibility index (Phi) is 5.94. The predicted octanol–water partition coefficient (Wildman–Crippen LogP) is 6.89. The number of carbonyl (C=O) groups is 1. The topological polar surface area (TPSA) is 29.1 Å². The molecule has 2 heteroatoms. The Balaban J connectivity index is 1.84. The standard InChI is InChI=1S/C28H27NO/c1-3-20(2)22-11-12-24-14-13-23-8-4-5-10-26(23)28(27(24)16-15-22)18-21-7-6-9-25(17-21)29-19-30/h4-11,15-19H,2-3,12-14H2,1H3,(H,29,30)/b28-18-. The molecule has 2 aromatic rings. The molecule has 0 aromatic heterocycles. The first kappa shape index (κ1) is 19.9. The minimum Gasteiger partial charge on any atom is -0.329 e. The second kappa shape index (κ2) is 8.96. The van der Waals surface area contributed by atoms with Crippen LogP contribution in [0.1, 0.15) is 42.9 Å². The van der Waals surface area contributed by atoms with Gasteiger partial charge in [0.05, 0.1) is 0 Å². The number of hydrogen-bond donors (Lipinski definition) is 1. The summed E-state index contributed by atoms with van der Waals surface area (Å²) in [4.78, 5) is 10.9. The Morgan fingerprint density at radius 1 is 1.10 bits per heavy atom. The highest BCUT2D eigenvalue weighted by atomic mass is 16.1. The van der Waals surface area contributed by atoms with E-state index in [2.05, 4.69) is 73.5 Å². The Bertz CT molecular complexity index is 1110. The lowest BCUT2D eigenvalue weighted by molar-refractivity contribution is -0.105. The minimum atomic E-state index is 0.718. The number of amides is 1.